The standard InChI is InChI=1S/C15H19Br2NO/c16-10-11-18(14-4-2-1-3-5-14)15(19)12-6-8-13(17)9-7-12/h6-9,14H,1-5,10-11H2. The summed E-state index contributed by atoms with van der Waals surface area (Å²) in [6.07, 6.45) is 6.10. The SMILES string of the molecule is O=C(c1ccc(Br)cc1)N(CCBr)C1CCCCC1. The summed E-state index contributed by atoms with van der Waals surface area (Å²) in [7, 11) is 0. The predicted octanol–water partition coefficient (Wildman–Crippen LogP) is 4.62. The third kappa shape index (κ3) is 4.06. The Morgan fingerprint density at radius 3 is 2.37 bits per heavy atom. The smallest absolute Gasteiger partial charge is 0.254 e. The van der Waals surface area contributed by atoms with Gasteiger partial charge in [-0.1, -0.05) is 51.1 Å². The van der Waals surface area contributed by atoms with Crippen molar-refractivity contribution in [3.05, 3.63) is 34.3 Å². The van der Waals surface area contributed by atoms with Gasteiger partial charge in [0.1, 0.15) is 0 Å². The topological polar surface area (TPSA) is 20.3 Å². The molecule has 0 heterocycles. The lowest BCUT2D eigenvalue weighted by molar-refractivity contribution is 0.0651. The minimum absolute atomic E-state index is 0.166. The number of alkyl halides is 1. The van der Waals surface area contributed by atoms with Crippen molar-refractivity contribution in [1.29, 1.82) is 0 Å². The van der Waals surface area contributed by atoms with Crippen molar-refractivity contribution in [3.8, 4) is 0 Å². The second kappa shape index (κ2) is 7.44. The molecular formula is C15H19Br2NO. The monoisotopic (exact) mass is 387 g/mol. The van der Waals surface area contributed by atoms with Crippen molar-refractivity contribution in [3.63, 3.8) is 0 Å². The Hall–Kier alpha value is -0.350. The Bertz CT molecular complexity index is 413. The van der Waals surface area contributed by atoms with Gasteiger partial charge in [-0.25, -0.2) is 0 Å². The quantitative estimate of drug-likeness (QED) is 0.689. The molecule has 1 aromatic rings. The van der Waals surface area contributed by atoms with Crippen LogP contribution in [0.3, 0.4) is 0 Å². The van der Waals surface area contributed by atoms with E-state index in [1.54, 1.807) is 0 Å². The van der Waals surface area contributed by atoms with Crippen molar-refractivity contribution in [2.75, 3.05) is 11.9 Å². The lowest BCUT2D eigenvalue weighted by Crippen LogP contribution is -2.42. The van der Waals surface area contributed by atoms with Gasteiger partial charge in [0.2, 0.25) is 0 Å². The van der Waals surface area contributed by atoms with Crippen molar-refractivity contribution in [2.45, 2.75) is 38.1 Å². The van der Waals surface area contributed by atoms with Gasteiger partial charge in [-0.05, 0) is 37.1 Å². The Kier molecular flexibility index (Phi) is 5.89. The molecule has 104 valence electrons. The van der Waals surface area contributed by atoms with Gasteiger partial charge in [-0.2, -0.15) is 0 Å². The molecule has 0 N–H and O–H groups in total. The zero-order valence-corrected chi connectivity index (χ0v) is 14.1. The number of benzene rings is 1. The van der Waals surface area contributed by atoms with Gasteiger partial charge >= 0.3 is 0 Å². The molecule has 1 aliphatic rings. The molecule has 1 saturated carbocycles. The van der Waals surface area contributed by atoms with Gasteiger partial charge in [-0.3, -0.25) is 4.79 Å². The van der Waals surface area contributed by atoms with Gasteiger partial charge in [0.05, 0.1) is 0 Å². The molecule has 0 bridgehead atoms. The van der Waals surface area contributed by atoms with Crippen LogP contribution in [0.2, 0.25) is 0 Å². The van der Waals surface area contributed by atoms with E-state index in [9.17, 15) is 4.79 Å². The molecule has 0 unspecified atom stereocenters. The van der Waals surface area contributed by atoms with Crippen molar-refractivity contribution in [1.82, 2.24) is 4.90 Å². The zero-order valence-electron chi connectivity index (χ0n) is 10.9. The highest BCUT2D eigenvalue weighted by Crippen LogP contribution is 2.24. The number of halogens is 2. The maximum atomic E-state index is 12.6. The molecule has 0 radical (unpaired) electrons. The Morgan fingerprint density at radius 1 is 1.16 bits per heavy atom. The van der Waals surface area contributed by atoms with E-state index in [0.717, 1.165) is 34.8 Å². The molecule has 0 saturated heterocycles. The van der Waals surface area contributed by atoms with E-state index >= 15 is 0 Å². The minimum Gasteiger partial charge on any atom is -0.335 e. The first kappa shape index (κ1) is 15.0. The van der Waals surface area contributed by atoms with E-state index in [-0.39, 0.29) is 5.91 Å². The molecule has 1 aromatic carbocycles. The summed E-state index contributed by atoms with van der Waals surface area (Å²) >= 11 is 6.87. The molecule has 19 heavy (non-hydrogen) atoms. The van der Waals surface area contributed by atoms with Gasteiger partial charge in [-0.15, -0.1) is 0 Å². The first-order chi connectivity index (χ1) is 9.22. The fourth-order valence-corrected chi connectivity index (χ4v) is 3.34. The summed E-state index contributed by atoms with van der Waals surface area (Å²) in [5.74, 6) is 0.166. The van der Waals surface area contributed by atoms with E-state index in [4.69, 9.17) is 0 Å². The van der Waals surface area contributed by atoms with Crippen LogP contribution in [-0.2, 0) is 0 Å². The normalized spacial score (nSPS) is 16.3. The maximum absolute atomic E-state index is 12.6. The Balaban J connectivity index is 2.13. The van der Waals surface area contributed by atoms with Crippen LogP contribution in [0.1, 0.15) is 42.5 Å². The second-order valence-electron chi connectivity index (χ2n) is 4.99. The molecule has 2 nitrogen and oxygen atoms in total. The number of nitrogens with zero attached hydrogens (tertiary/aromatic N) is 1. The van der Waals surface area contributed by atoms with E-state index in [1.807, 2.05) is 24.3 Å². The van der Waals surface area contributed by atoms with Gasteiger partial charge in [0, 0.05) is 28.0 Å². The van der Waals surface area contributed by atoms with Crippen molar-refractivity contribution in [2.24, 2.45) is 0 Å². The summed E-state index contributed by atoms with van der Waals surface area (Å²) in [6, 6.07) is 8.08. The summed E-state index contributed by atoms with van der Waals surface area (Å²) in [5, 5.41) is 0.839. The molecule has 2 rings (SSSR count). The summed E-state index contributed by atoms with van der Waals surface area (Å²) in [5.41, 5.74) is 0.787. The largest absolute Gasteiger partial charge is 0.335 e. The first-order valence-electron chi connectivity index (χ1n) is 6.85. The van der Waals surface area contributed by atoms with Gasteiger partial charge in [0.15, 0.2) is 0 Å². The molecule has 1 aliphatic carbocycles. The van der Waals surface area contributed by atoms with Gasteiger partial charge in [0.25, 0.3) is 5.91 Å². The molecule has 0 spiro atoms. The van der Waals surface area contributed by atoms with Crippen molar-refractivity contribution < 1.29 is 4.79 Å². The van der Waals surface area contributed by atoms with Crippen LogP contribution in [0.15, 0.2) is 28.7 Å². The molecule has 1 amide bonds. The zero-order chi connectivity index (χ0) is 13.7. The van der Waals surface area contributed by atoms with E-state index in [0.29, 0.717) is 6.04 Å². The molecule has 1 fully saturated rings. The predicted molar refractivity (Wildman–Crippen MR) is 85.8 cm³/mol. The molecular weight excluding hydrogens is 370 g/mol. The highest BCUT2D eigenvalue weighted by atomic mass is 79.9. The Labute approximate surface area is 131 Å². The van der Waals surface area contributed by atoms with Crippen molar-refractivity contribution >= 4 is 37.8 Å². The van der Waals surface area contributed by atoms with Crippen LogP contribution in [0.5, 0.6) is 0 Å². The van der Waals surface area contributed by atoms with Crippen LogP contribution in [-0.4, -0.2) is 28.7 Å². The average Bonchev–Trinajstić information content (AvgIpc) is 2.46. The molecule has 0 atom stereocenters. The molecule has 0 aromatic heterocycles. The molecule has 4 heteroatoms. The molecule has 0 aliphatic heterocycles. The van der Waals surface area contributed by atoms with Crippen LogP contribution < -0.4 is 0 Å². The highest BCUT2D eigenvalue weighted by Gasteiger charge is 2.25. The number of carbonyl (C=O) groups is 1. The summed E-state index contributed by atoms with van der Waals surface area (Å²) in [4.78, 5) is 14.7. The number of hydrogen-bond acceptors (Lipinski definition) is 1. The van der Waals surface area contributed by atoms with Crippen LogP contribution in [0, 0.1) is 0 Å². The summed E-state index contributed by atoms with van der Waals surface area (Å²) in [6.45, 7) is 0.791. The van der Waals surface area contributed by atoms with E-state index < -0.39 is 0 Å². The number of amides is 1. The lowest BCUT2D eigenvalue weighted by Gasteiger charge is -2.34. The second-order valence-corrected chi connectivity index (χ2v) is 6.69. The average molecular weight is 389 g/mol. The number of carbonyl (C=O) groups excluding carboxylic acids is 1. The van der Waals surface area contributed by atoms with Gasteiger partial charge < -0.3 is 4.90 Å². The van der Waals surface area contributed by atoms with Crippen LogP contribution in [0.4, 0.5) is 0 Å². The van der Waals surface area contributed by atoms with E-state index in [2.05, 4.69) is 36.8 Å². The fraction of sp³-hybridized carbons (Fsp3) is 0.533. The number of rotatable bonds is 4. The number of hydrogen-bond donors (Lipinski definition) is 0. The maximum Gasteiger partial charge on any atom is 0.254 e. The third-order valence-corrected chi connectivity index (χ3v) is 4.58. The van der Waals surface area contributed by atoms with Crippen LogP contribution >= 0.6 is 31.9 Å². The van der Waals surface area contributed by atoms with Crippen LogP contribution in [0.25, 0.3) is 0 Å². The first-order valence-corrected chi connectivity index (χ1v) is 8.76. The minimum atomic E-state index is 0.166. The summed E-state index contributed by atoms with van der Waals surface area (Å²) < 4.78 is 1.01. The third-order valence-electron chi connectivity index (χ3n) is 3.69. The highest BCUT2D eigenvalue weighted by molar-refractivity contribution is 9.10. The fourth-order valence-electron chi connectivity index (χ4n) is 2.69. The lowest BCUT2D eigenvalue weighted by atomic mass is 9.93. The van der Waals surface area contributed by atoms with E-state index in [1.165, 1.54) is 19.3 Å². The Morgan fingerprint density at radius 2 is 1.79 bits per heavy atom.